The van der Waals surface area contributed by atoms with Gasteiger partial charge >= 0.3 is 6.09 Å². The Morgan fingerprint density at radius 2 is 1.82 bits per heavy atom. The zero-order valence-electron chi connectivity index (χ0n) is 20.9. The van der Waals surface area contributed by atoms with Crippen molar-refractivity contribution in [2.45, 2.75) is 78.3 Å². The van der Waals surface area contributed by atoms with E-state index in [9.17, 15) is 19.5 Å². The van der Waals surface area contributed by atoms with Gasteiger partial charge in [-0.3, -0.25) is 15.0 Å². The van der Waals surface area contributed by atoms with Gasteiger partial charge in [0.05, 0.1) is 18.2 Å². The molecule has 1 aliphatic rings. The molecule has 1 heterocycles. The standard InChI is InChI=1S/C16H30N6O5.C5H12O/c1-9(2)8-27-16(26)19-7-12(23)20-10(3)13(24)21-11-5-4-6-22(14(11)25)15(17)18;1-5(2,3)6-4/h9-11,14,25H,4-8H2,1-3H3,(H3,17,18)(H,19,26)(H,20,23)(H,21,24);1-4H3/t10-,11-,14?;/m0./s1. The summed E-state index contributed by atoms with van der Waals surface area (Å²) in [5, 5.41) is 25.0. The number of hydrogen-bond acceptors (Lipinski definition) is 7. The van der Waals surface area contributed by atoms with Crippen LogP contribution in [0.3, 0.4) is 0 Å². The number of guanidine groups is 1. The number of piperidine rings is 1. The number of alkyl carbamates (subject to hydrolysis) is 1. The second-order valence-corrected chi connectivity index (χ2v) is 9.20. The number of nitrogens with two attached hydrogens (primary N) is 1. The molecule has 1 fully saturated rings. The van der Waals surface area contributed by atoms with Crippen molar-refractivity contribution in [2.75, 3.05) is 26.8 Å². The molecule has 0 bridgehead atoms. The van der Waals surface area contributed by atoms with Crippen LogP contribution in [0.2, 0.25) is 0 Å². The normalized spacial score (nSPS) is 19.0. The van der Waals surface area contributed by atoms with Crippen molar-refractivity contribution >= 4 is 23.9 Å². The third-order valence-electron chi connectivity index (χ3n) is 4.55. The lowest BCUT2D eigenvalue weighted by Crippen LogP contribution is -2.60. The number of carbonyl (C=O) groups is 3. The molecule has 1 saturated heterocycles. The van der Waals surface area contributed by atoms with Crippen LogP contribution in [0.5, 0.6) is 0 Å². The number of nitrogens with zero attached hydrogens (tertiary/aromatic N) is 1. The molecule has 1 rings (SSSR count). The van der Waals surface area contributed by atoms with E-state index in [0.717, 1.165) is 0 Å². The zero-order valence-corrected chi connectivity index (χ0v) is 20.9. The van der Waals surface area contributed by atoms with Gasteiger partial charge in [-0.2, -0.15) is 0 Å². The Labute approximate surface area is 196 Å². The highest BCUT2D eigenvalue weighted by molar-refractivity contribution is 5.89. The predicted molar refractivity (Wildman–Crippen MR) is 124 cm³/mol. The predicted octanol–water partition coefficient (Wildman–Crippen LogP) is 0.0971. The fourth-order valence-corrected chi connectivity index (χ4v) is 2.50. The Hall–Kier alpha value is -2.60. The van der Waals surface area contributed by atoms with E-state index < -0.39 is 36.2 Å². The summed E-state index contributed by atoms with van der Waals surface area (Å²) >= 11 is 0. The van der Waals surface area contributed by atoms with Crippen molar-refractivity contribution in [3.05, 3.63) is 0 Å². The average molecular weight is 475 g/mol. The van der Waals surface area contributed by atoms with E-state index >= 15 is 0 Å². The SMILES string of the molecule is CC(C)COC(=O)NCC(=O)N[C@@H](C)C(=O)N[C@H]1CCCN(C(=N)N)C1O.COC(C)(C)C. The van der Waals surface area contributed by atoms with Crippen LogP contribution in [-0.2, 0) is 19.1 Å². The first kappa shape index (κ1) is 30.4. The highest BCUT2D eigenvalue weighted by atomic mass is 16.5. The Bertz CT molecular complexity index is 652. The van der Waals surface area contributed by atoms with Gasteiger partial charge in [0, 0.05) is 13.7 Å². The Kier molecular flexibility index (Phi) is 13.4. The molecule has 1 aliphatic heterocycles. The van der Waals surface area contributed by atoms with Gasteiger partial charge in [0.1, 0.15) is 18.8 Å². The number of likely N-dealkylation sites (tertiary alicyclic amines) is 1. The first-order valence-electron chi connectivity index (χ1n) is 11.0. The maximum atomic E-state index is 12.2. The monoisotopic (exact) mass is 474 g/mol. The van der Waals surface area contributed by atoms with Gasteiger partial charge in [0.2, 0.25) is 11.8 Å². The largest absolute Gasteiger partial charge is 0.449 e. The fourth-order valence-electron chi connectivity index (χ4n) is 2.50. The Balaban J connectivity index is 0.00000150. The van der Waals surface area contributed by atoms with E-state index in [1.165, 1.54) is 11.8 Å². The van der Waals surface area contributed by atoms with E-state index in [1.807, 2.05) is 34.6 Å². The third-order valence-corrected chi connectivity index (χ3v) is 4.55. The number of nitrogens with one attached hydrogen (secondary N) is 4. The van der Waals surface area contributed by atoms with Gasteiger partial charge < -0.3 is 41.2 Å². The van der Waals surface area contributed by atoms with Crippen molar-refractivity contribution in [1.29, 1.82) is 5.41 Å². The first-order valence-corrected chi connectivity index (χ1v) is 11.0. The second-order valence-electron chi connectivity index (χ2n) is 9.20. The summed E-state index contributed by atoms with van der Waals surface area (Å²) in [5.74, 6) is -1.12. The molecule has 1 unspecified atom stereocenters. The van der Waals surface area contributed by atoms with Crippen LogP contribution in [0.25, 0.3) is 0 Å². The second kappa shape index (κ2) is 14.5. The maximum absolute atomic E-state index is 12.2. The molecular formula is C21H42N6O6. The van der Waals surface area contributed by atoms with Gasteiger partial charge in [0.15, 0.2) is 5.96 Å². The summed E-state index contributed by atoms with van der Waals surface area (Å²) in [4.78, 5) is 36.8. The molecule has 0 spiro atoms. The van der Waals surface area contributed by atoms with Crippen molar-refractivity contribution in [2.24, 2.45) is 11.7 Å². The van der Waals surface area contributed by atoms with E-state index in [1.54, 1.807) is 7.11 Å². The molecule has 0 aliphatic carbocycles. The third kappa shape index (κ3) is 13.5. The van der Waals surface area contributed by atoms with E-state index in [4.69, 9.17) is 20.6 Å². The van der Waals surface area contributed by atoms with E-state index in [2.05, 4.69) is 16.0 Å². The van der Waals surface area contributed by atoms with Gasteiger partial charge in [-0.25, -0.2) is 4.79 Å². The first-order chi connectivity index (χ1) is 15.2. The van der Waals surface area contributed by atoms with Crippen LogP contribution >= 0.6 is 0 Å². The van der Waals surface area contributed by atoms with Crippen molar-refractivity contribution in [1.82, 2.24) is 20.9 Å². The van der Waals surface area contributed by atoms with Crippen LogP contribution in [0, 0.1) is 11.3 Å². The molecule has 0 aromatic heterocycles. The summed E-state index contributed by atoms with van der Waals surface area (Å²) in [6.45, 7) is 11.7. The minimum absolute atomic E-state index is 0.0417. The molecule has 7 N–H and O–H groups in total. The number of carbonyl (C=O) groups excluding carboxylic acids is 3. The lowest BCUT2D eigenvalue weighted by molar-refractivity contribution is -0.130. The summed E-state index contributed by atoms with van der Waals surface area (Å²) in [5.41, 5.74) is 5.45. The summed E-state index contributed by atoms with van der Waals surface area (Å²) in [6, 6.07) is -1.47. The number of ether oxygens (including phenoxy) is 2. The highest BCUT2D eigenvalue weighted by Gasteiger charge is 2.32. The van der Waals surface area contributed by atoms with Crippen molar-refractivity contribution in [3.8, 4) is 0 Å². The molecule has 12 nitrogen and oxygen atoms in total. The topological polar surface area (TPSA) is 179 Å². The number of methoxy groups -OCH3 is 1. The van der Waals surface area contributed by atoms with E-state index in [-0.39, 0.29) is 30.6 Å². The Morgan fingerprint density at radius 3 is 2.30 bits per heavy atom. The molecule has 33 heavy (non-hydrogen) atoms. The average Bonchev–Trinajstić information content (AvgIpc) is 2.71. The van der Waals surface area contributed by atoms with Gasteiger partial charge in [0.25, 0.3) is 0 Å². The van der Waals surface area contributed by atoms with Crippen LogP contribution in [0.1, 0.15) is 54.4 Å². The number of hydrogen-bond donors (Lipinski definition) is 6. The fraction of sp³-hybridized carbons (Fsp3) is 0.810. The Morgan fingerprint density at radius 1 is 1.24 bits per heavy atom. The van der Waals surface area contributed by atoms with Gasteiger partial charge in [-0.15, -0.1) is 0 Å². The summed E-state index contributed by atoms with van der Waals surface area (Å²) in [6.07, 6.45) is -0.614. The lowest BCUT2D eigenvalue weighted by atomic mass is 10.0. The summed E-state index contributed by atoms with van der Waals surface area (Å²) < 4.78 is 9.82. The van der Waals surface area contributed by atoms with Crippen molar-refractivity contribution < 1.29 is 29.0 Å². The number of aliphatic hydroxyl groups is 1. The number of rotatable bonds is 7. The number of aliphatic hydroxyl groups excluding tert-OH is 1. The van der Waals surface area contributed by atoms with Gasteiger partial charge in [-0.05, 0) is 46.5 Å². The van der Waals surface area contributed by atoms with Crippen LogP contribution in [0.15, 0.2) is 0 Å². The minimum atomic E-state index is -1.10. The zero-order chi connectivity index (χ0) is 25.8. The molecule has 0 aromatic rings. The van der Waals surface area contributed by atoms with Crippen molar-refractivity contribution in [3.63, 3.8) is 0 Å². The molecule has 0 radical (unpaired) electrons. The van der Waals surface area contributed by atoms with Crippen LogP contribution < -0.4 is 21.7 Å². The molecular weight excluding hydrogens is 432 g/mol. The summed E-state index contributed by atoms with van der Waals surface area (Å²) in [7, 11) is 1.71. The molecule has 3 atom stereocenters. The van der Waals surface area contributed by atoms with Gasteiger partial charge in [-0.1, -0.05) is 13.8 Å². The minimum Gasteiger partial charge on any atom is -0.449 e. The van der Waals surface area contributed by atoms with Crippen LogP contribution in [0.4, 0.5) is 4.79 Å². The highest BCUT2D eigenvalue weighted by Crippen LogP contribution is 2.15. The smallest absolute Gasteiger partial charge is 0.407 e. The molecule has 0 saturated carbocycles. The maximum Gasteiger partial charge on any atom is 0.407 e. The molecule has 3 amide bonds. The van der Waals surface area contributed by atoms with Crippen LogP contribution in [-0.4, -0.2) is 84.6 Å². The quantitative estimate of drug-likeness (QED) is 0.222. The molecule has 192 valence electrons. The van der Waals surface area contributed by atoms with E-state index in [0.29, 0.717) is 19.4 Å². The molecule has 0 aromatic carbocycles. The number of amides is 3. The molecule has 12 heteroatoms. The lowest BCUT2D eigenvalue weighted by Gasteiger charge is -2.38.